The molecule has 0 amide bonds. The van der Waals surface area contributed by atoms with E-state index in [4.69, 9.17) is 16.3 Å². The molecule has 1 aliphatic heterocycles. The molecule has 1 aliphatic rings. The molecule has 0 radical (unpaired) electrons. The van der Waals surface area contributed by atoms with E-state index in [2.05, 4.69) is 34.6 Å². The van der Waals surface area contributed by atoms with Gasteiger partial charge in [-0.25, -0.2) is 4.98 Å². The maximum absolute atomic E-state index is 6.20. The van der Waals surface area contributed by atoms with E-state index in [1.807, 2.05) is 22.9 Å². The minimum atomic E-state index is 0.742. The number of nitrogens with zero attached hydrogens (tertiary/aromatic N) is 2. The van der Waals surface area contributed by atoms with Crippen LogP contribution < -0.4 is 10.1 Å². The molecule has 4 nitrogen and oxygen atoms in total. The number of halogens is 1. The molecule has 0 atom stereocenters. The number of hydrogen-bond acceptors (Lipinski definition) is 3. The van der Waals surface area contributed by atoms with E-state index in [0.29, 0.717) is 0 Å². The largest absolute Gasteiger partial charge is 0.493 e. The monoisotopic (exact) mass is 339 g/mol. The van der Waals surface area contributed by atoms with Crippen LogP contribution >= 0.6 is 11.6 Å². The van der Waals surface area contributed by atoms with Crippen molar-refractivity contribution in [1.82, 2.24) is 14.9 Å². The third kappa shape index (κ3) is 3.16. The molecule has 0 spiro atoms. The highest BCUT2D eigenvalue weighted by atomic mass is 35.5. The second-order valence-corrected chi connectivity index (χ2v) is 6.33. The summed E-state index contributed by atoms with van der Waals surface area (Å²) in [4.78, 5) is 4.07. The Hall–Kier alpha value is -2.30. The third-order valence-electron chi connectivity index (χ3n) is 4.21. The average Bonchev–Trinajstić information content (AvgIpc) is 3.26. The van der Waals surface area contributed by atoms with Crippen LogP contribution in [0.5, 0.6) is 5.75 Å². The fraction of sp³-hybridized carbons (Fsp3) is 0.211. The van der Waals surface area contributed by atoms with Gasteiger partial charge >= 0.3 is 0 Å². The van der Waals surface area contributed by atoms with E-state index >= 15 is 0 Å². The molecule has 1 aromatic heterocycles. The normalized spacial score (nSPS) is 12.9. The van der Waals surface area contributed by atoms with Crippen LogP contribution in [0.2, 0.25) is 5.02 Å². The van der Waals surface area contributed by atoms with Gasteiger partial charge in [0.2, 0.25) is 0 Å². The first-order valence-corrected chi connectivity index (χ1v) is 8.39. The molecule has 2 heterocycles. The molecule has 0 fully saturated rings. The summed E-state index contributed by atoms with van der Waals surface area (Å²) in [5, 5.41) is 4.25. The number of ether oxygens (including phenoxy) is 1. The predicted octanol–water partition coefficient (Wildman–Crippen LogP) is 3.75. The van der Waals surface area contributed by atoms with Crippen LogP contribution in [0.4, 0.5) is 0 Å². The van der Waals surface area contributed by atoms with Gasteiger partial charge in [0.25, 0.3) is 0 Å². The Morgan fingerprint density at radius 1 is 1.17 bits per heavy atom. The first kappa shape index (κ1) is 15.2. The van der Waals surface area contributed by atoms with E-state index in [1.165, 1.54) is 11.1 Å². The van der Waals surface area contributed by atoms with Crippen LogP contribution in [0.15, 0.2) is 55.1 Å². The fourth-order valence-corrected chi connectivity index (χ4v) is 3.28. The van der Waals surface area contributed by atoms with Gasteiger partial charge in [0.05, 0.1) is 12.9 Å². The second kappa shape index (κ2) is 6.67. The van der Waals surface area contributed by atoms with Gasteiger partial charge in [-0.15, -0.1) is 0 Å². The Morgan fingerprint density at radius 3 is 2.83 bits per heavy atom. The third-order valence-corrected chi connectivity index (χ3v) is 4.43. The van der Waals surface area contributed by atoms with Crippen molar-refractivity contribution in [3.8, 4) is 11.4 Å². The van der Waals surface area contributed by atoms with E-state index < -0.39 is 0 Å². The summed E-state index contributed by atoms with van der Waals surface area (Å²) in [5.74, 6) is 1.00. The summed E-state index contributed by atoms with van der Waals surface area (Å²) in [5.41, 5.74) is 4.68. The molecule has 3 aromatic rings. The zero-order valence-electron chi connectivity index (χ0n) is 13.2. The topological polar surface area (TPSA) is 39.1 Å². The van der Waals surface area contributed by atoms with E-state index in [1.54, 1.807) is 12.5 Å². The lowest BCUT2D eigenvalue weighted by Gasteiger charge is -2.11. The van der Waals surface area contributed by atoms with Crippen LogP contribution in [0.1, 0.15) is 16.7 Å². The van der Waals surface area contributed by atoms with Gasteiger partial charge in [0, 0.05) is 48.2 Å². The molecule has 0 unspecified atom stereocenters. The maximum Gasteiger partial charge on any atom is 0.127 e. The molecule has 5 heteroatoms. The summed E-state index contributed by atoms with van der Waals surface area (Å²) in [6.45, 7) is 2.29. The van der Waals surface area contributed by atoms with E-state index in [-0.39, 0.29) is 0 Å². The number of aromatic nitrogens is 2. The minimum Gasteiger partial charge on any atom is -0.493 e. The lowest BCUT2D eigenvalue weighted by molar-refractivity contribution is 0.352. The van der Waals surface area contributed by atoms with Crippen molar-refractivity contribution in [1.29, 1.82) is 0 Å². The standard InChI is InChI=1S/C19H18ClN3O/c20-17-9-15-5-8-24-19(15)16(10-17)12-22-11-14-1-3-18(4-2-14)23-7-6-21-13-23/h1-4,6-7,9-10,13,22H,5,8,11-12H2. The van der Waals surface area contributed by atoms with Gasteiger partial charge in [-0.05, 0) is 35.4 Å². The van der Waals surface area contributed by atoms with Gasteiger partial charge in [0.15, 0.2) is 0 Å². The summed E-state index contributed by atoms with van der Waals surface area (Å²) in [6, 6.07) is 12.4. The quantitative estimate of drug-likeness (QED) is 0.769. The number of hydrogen-bond donors (Lipinski definition) is 1. The van der Waals surface area contributed by atoms with E-state index in [0.717, 1.165) is 48.1 Å². The molecule has 4 rings (SSSR count). The highest BCUT2D eigenvalue weighted by molar-refractivity contribution is 6.30. The van der Waals surface area contributed by atoms with E-state index in [9.17, 15) is 0 Å². The zero-order chi connectivity index (χ0) is 16.4. The number of nitrogens with one attached hydrogen (secondary N) is 1. The molecule has 0 saturated heterocycles. The van der Waals surface area contributed by atoms with Gasteiger partial charge in [-0.1, -0.05) is 23.7 Å². The first-order valence-electron chi connectivity index (χ1n) is 8.02. The summed E-state index contributed by atoms with van der Waals surface area (Å²) >= 11 is 6.20. The number of imidazole rings is 1. The fourth-order valence-electron chi connectivity index (χ4n) is 3.02. The van der Waals surface area contributed by atoms with Crippen LogP contribution in [0.25, 0.3) is 5.69 Å². The lowest BCUT2D eigenvalue weighted by Crippen LogP contribution is -2.13. The summed E-state index contributed by atoms with van der Waals surface area (Å²) < 4.78 is 7.73. The minimum absolute atomic E-state index is 0.742. The van der Waals surface area contributed by atoms with Crippen molar-refractivity contribution in [2.45, 2.75) is 19.5 Å². The smallest absolute Gasteiger partial charge is 0.127 e. The molecule has 1 N–H and O–H groups in total. The Morgan fingerprint density at radius 2 is 2.04 bits per heavy atom. The van der Waals surface area contributed by atoms with Crippen LogP contribution in [0.3, 0.4) is 0 Å². The highest BCUT2D eigenvalue weighted by Crippen LogP contribution is 2.32. The molecule has 0 bridgehead atoms. The molecule has 24 heavy (non-hydrogen) atoms. The Balaban J connectivity index is 1.40. The first-order chi connectivity index (χ1) is 11.8. The lowest BCUT2D eigenvalue weighted by atomic mass is 10.1. The number of rotatable bonds is 5. The second-order valence-electron chi connectivity index (χ2n) is 5.89. The zero-order valence-corrected chi connectivity index (χ0v) is 14.0. The Labute approximate surface area is 146 Å². The maximum atomic E-state index is 6.20. The van der Waals surface area contributed by atoms with Crippen LogP contribution in [-0.4, -0.2) is 16.2 Å². The molecular formula is C19H18ClN3O. The predicted molar refractivity (Wildman–Crippen MR) is 94.8 cm³/mol. The summed E-state index contributed by atoms with van der Waals surface area (Å²) in [6.07, 6.45) is 6.46. The van der Waals surface area contributed by atoms with Crippen LogP contribution in [-0.2, 0) is 19.5 Å². The van der Waals surface area contributed by atoms with Gasteiger partial charge in [0.1, 0.15) is 5.75 Å². The molecule has 0 aliphatic carbocycles. The van der Waals surface area contributed by atoms with Gasteiger partial charge in [-0.3, -0.25) is 0 Å². The number of fused-ring (bicyclic) bond motifs is 1. The van der Waals surface area contributed by atoms with Crippen molar-refractivity contribution in [2.75, 3.05) is 6.61 Å². The SMILES string of the molecule is Clc1cc2c(c(CNCc3ccc(-n4ccnc4)cc3)c1)OCC2. The molecule has 0 saturated carbocycles. The van der Waals surface area contributed by atoms with Crippen molar-refractivity contribution in [3.05, 3.63) is 76.8 Å². The molecular weight excluding hydrogens is 322 g/mol. The summed E-state index contributed by atoms with van der Waals surface area (Å²) in [7, 11) is 0. The van der Waals surface area contributed by atoms with Crippen molar-refractivity contribution >= 4 is 11.6 Å². The van der Waals surface area contributed by atoms with Gasteiger partial charge < -0.3 is 14.6 Å². The molecule has 122 valence electrons. The van der Waals surface area contributed by atoms with Crippen molar-refractivity contribution < 1.29 is 4.74 Å². The van der Waals surface area contributed by atoms with Crippen molar-refractivity contribution in [3.63, 3.8) is 0 Å². The Bertz CT molecular complexity index is 829. The molecule has 2 aromatic carbocycles. The van der Waals surface area contributed by atoms with Crippen molar-refractivity contribution in [2.24, 2.45) is 0 Å². The van der Waals surface area contributed by atoms with Gasteiger partial charge in [-0.2, -0.15) is 0 Å². The number of benzene rings is 2. The Kier molecular flexibility index (Phi) is 4.24. The van der Waals surface area contributed by atoms with Crippen LogP contribution in [0, 0.1) is 0 Å². The highest BCUT2D eigenvalue weighted by Gasteiger charge is 2.17. The average molecular weight is 340 g/mol.